The minimum atomic E-state index is -0.224. The first kappa shape index (κ1) is 12.8. The third kappa shape index (κ3) is 2.97. The Bertz CT molecular complexity index is 497. The van der Waals surface area contributed by atoms with Crippen LogP contribution in [0.25, 0.3) is 0 Å². The minimum absolute atomic E-state index is 0.00398. The lowest BCUT2D eigenvalue weighted by Gasteiger charge is -2.18. The van der Waals surface area contributed by atoms with E-state index < -0.39 is 0 Å². The first-order chi connectivity index (χ1) is 8.70. The van der Waals surface area contributed by atoms with Gasteiger partial charge >= 0.3 is 0 Å². The van der Waals surface area contributed by atoms with Crippen molar-refractivity contribution in [3.63, 3.8) is 0 Å². The van der Waals surface area contributed by atoms with Gasteiger partial charge in [-0.2, -0.15) is 0 Å². The lowest BCUT2D eigenvalue weighted by molar-refractivity contribution is 0.457. The van der Waals surface area contributed by atoms with Crippen molar-refractivity contribution in [2.75, 3.05) is 0 Å². The van der Waals surface area contributed by atoms with Crippen LogP contribution in [-0.4, -0.2) is 0 Å². The van der Waals surface area contributed by atoms with Crippen molar-refractivity contribution in [3.8, 4) is 0 Å². The molecule has 1 atom stereocenters. The topological polar surface area (TPSA) is 51.2 Å². The van der Waals surface area contributed by atoms with Gasteiger partial charge in [-0.25, -0.2) is 4.39 Å². The Balaban J connectivity index is 2.08. The molecule has 0 fully saturated rings. The second kappa shape index (κ2) is 5.80. The molecule has 3 nitrogen and oxygen atoms in total. The van der Waals surface area contributed by atoms with Gasteiger partial charge in [0, 0.05) is 12.5 Å². The molecule has 0 bridgehead atoms. The molecule has 0 aliphatic rings. The van der Waals surface area contributed by atoms with Crippen LogP contribution >= 0.6 is 0 Å². The van der Waals surface area contributed by atoms with Gasteiger partial charge in [0.25, 0.3) is 0 Å². The van der Waals surface area contributed by atoms with Gasteiger partial charge in [0.05, 0.1) is 6.26 Å². The van der Waals surface area contributed by atoms with E-state index in [0.717, 1.165) is 29.7 Å². The molecule has 0 amide bonds. The van der Waals surface area contributed by atoms with Crippen LogP contribution in [0, 0.1) is 12.7 Å². The van der Waals surface area contributed by atoms with E-state index in [4.69, 9.17) is 10.3 Å². The van der Waals surface area contributed by atoms with Crippen molar-refractivity contribution in [3.05, 3.63) is 59.3 Å². The summed E-state index contributed by atoms with van der Waals surface area (Å²) in [7, 11) is 0. The molecule has 0 aliphatic carbocycles. The standard InChI is InChI=1S/C14H17FN2O/c1-10-9-11(15)4-6-13(10)14(17-16)7-5-12-3-2-8-18-12/h2-4,6,8-9,14,17H,5,7,16H2,1H3. The number of aryl methyl sites for hydroxylation is 2. The predicted octanol–water partition coefficient (Wildman–Crippen LogP) is 2.86. The van der Waals surface area contributed by atoms with Gasteiger partial charge in [-0.1, -0.05) is 6.07 Å². The molecule has 96 valence electrons. The van der Waals surface area contributed by atoms with Gasteiger partial charge < -0.3 is 4.42 Å². The molecule has 1 aromatic heterocycles. The normalized spacial score (nSPS) is 12.6. The molecule has 4 heteroatoms. The van der Waals surface area contributed by atoms with Crippen molar-refractivity contribution in [1.82, 2.24) is 5.43 Å². The SMILES string of the molecule is Cc1cc(F)ccc1C(CCc1ccco1)NN. The van der Waals surface area contributed by atoms with Crippen LogP contribution in [0.3, 0.4) is 0 Å². The molecule has 0 saturated heterocycles. The summed E-state index contributed by atoms with van der Waals surface area (Å²) in [6.45, 7) is 1.88. The fourth-order valence-electron chi connectivity index (χ4n) is 2.10. The summed E-state index contributed by atoms with van der Waals surface area (Å²) in [6.07, 6.45) is 3.25. The summed E-state index contributed by atoms with van der Waals surface area (Å²) in [4.78, 5) is 0. The summed E-state index contributed by atoms with van der Waals surface area (Å²) >= 11 is 0. The van der Waals surface area contributed by atoms with Crippen LogP contribution in [0.2, 0.25) is 0 Å². The fourth-order valence-corrected chi connectivity index (χ4v) is 2.10. The molecule has 1 aromatic carbocycles. The van der Waals surface area contributed by atoms with Gasteiger partial charge in [-0.15, -0.1) is 0 Å². The summed E-state index contributed by atoms with van der Waals surface area (Å²) in [6, 6.07) is 8.55. The van der Waals surface area contributed by atoms with E-state index in [1.54, 1.807) is 12.3 Å². The van der Waals surface area contributed by atoms with Crippen LogP contribution in [0.5, 0.6) is 0 Å². The molecule has 2 rings (SSSR count). The Morgan fingerprint density at radius 3 is 2.83 bits per heavy atom. The highest BCUT2D eigenvalue weighted by Crippen LogP contribution is 2.22. The van der Waals surface area contributed by atoms with Crippen molar-refractivity contribution >= 4 is 0 Å². The molecule has 0 spiro atoms. The Morgan fingerprint density at radius 2 is 2.22 bits per heavy atom. The van der Waals surface area contributed by atoms with Crippen LogP contribution < -0.4 is 11.3 Å². The molecule has 1 heterocycles. The van der Waals surface area contributed by atoms with Crippen LogP contribution in [-0.2, 0) is 6.42 Å². The molecule has 0 aliphatic heterocycles. The molecule has 1 unspecified atom stereocenters. The number of nitrogens with one attached hydrogen (secondary N) is 1. The highest BCUT2D eigenvalue weighted by Gasteiger charge is 2.13. The number of hydrogen-bond donors (Lipinski definition) is 2. The lowest BCUT2D eigenvalue weighted by atomic mass is 9.97. The number of halogens is 1. The van der Waals surface area contributed by atoms with Crippen molar-refractivity contribution in [2.24, 2.45) is 5.84 Å². The summed E-state index contributed by atoms with van der Waals surface area (Å²) in [5.41, 5.74) is 4.70. The average Bonchev–Trinajstić information content (AvgIpc) is 2.85. The monoisotopic (exact) mass is 248 g/mol. The second-order valence-electron chi connectivity index (χ2n) is 4.34. The molecule has 2 aromatic rings. The zero-order chi connectivity index (χ0) is 13.0. The number of furan rings is 1. The van der Waals surface area contributed by atoms with E-state index in [1.165, 1.54) is 12.1 Å². The van der Waals surface area contributed by atoms with E-state index in [2.05, 4.69) is 5.43 Å². The molecule has 18 heavy (non-hydrogen) atoms. The highest BCUT2D eigenvalue weighted by atomic mass is 19.1. The maximum Gasteiger partial charge on any atom is 0.123 e. The highest BCUT2D eigenvalue weighted by molar-refractivity contribution is 5.29. The largest absolute Gasteiger partial charge is 0.469 e. The number of rotatable bonds is 5. The Hall–Kier alpha value is -1.65. The van der Waals surface area contributed by atoms with Gasteiger partial charge in [0.2, 0.25) is 0 Å². The summed E-state index contributed by atoms with van der Waals surface area (Å²) in [5, 5.41) is 0. The molecule has 0 saturated carbocycles. The van der Waals surface area contributed by atoms with Crippen LogP contribution in [0.4, 0.5) is 4.39 Å². The quantitative estimate of drug-likeness (QED) is 0.632. The Kier molecular flexibility index (Phi) is 4.12. The number of hydrazine groups is 1. The summed E-state index contributed by atoms with van der Waals surface area (Å²) < 4.78 is 18.3. The van der Waals surface area contributed by atoms with Crippen LogP contribution in [0.1, 0.15) is 29.3 Å². The van der Waals surface area contributed by atoms with E-state index in [1.807, 2.05) is 19.1 Å². The molecule has 0 radical (unpaired) electrons. The van der Waals surface area contributed by atoms with Gasteiger partial charge in [0.1, 0.15) is 11.6 Å². The van der Waals surface area contributed by atoms with Gasteiger partial charge in [0.15, 0.2) is 0 Å². The zero-order valence-electron chi connectivity index (χ0n) is 10.3. The minimum Gasteiger partial charge on any atom is -0.469 e. The van der Waals surface area contributed by atoms with E-state index in [0.29, 0.717) is 0 Å². The third-order valence-corrected chi connectivity index (χ3v) is 3.07. The number of nitrogens with two attached hydrogens (primary N) is 1. The van der Waals surface area contributed by atoms with E-state index in [-0.39, 0.29) is 11.9 Å². The molecular weight excluding hydrogens is 231 g/mol. The maximum absolute atomic E-state index is 13.1. The second-order valence-corrected chi connectivity index (χ2v) is 4.34. The average molecular weight is 248 g/mol. The Labute approximate surface area is 106 Å². The first-order valence-corrected chi connectivity index (χ1v) is 5.95. The van der Waals surface area contributed by atoms with E-state index in [9.17, 15) is 4.39 Å². The lowest BCUT2D eigenvalue weighted by Crippen LogP contribution is -2.29. The Morgan fingerprint density at radius 1 is 1.39 bits per heavy atom. The molecule has 3 N–H and O–H groups in total. The fraction of sp³-hybridized carbons (Fsp3) is 0.286. The van der Waals surface area contributed by atoms with Crippen molar-refractivity contribution in [2.45, 2.75) is 25.8 Å². The molecular formula is C14H17FN2O. The van der Waals surface area contributed by atoms with Gasteiger partial charge in [-0.05, 0) is 48.7 Å². The number of benzene rings is 1. The van der Waals surface area contributed by atoms with Crippen molar-refractivity contribution < 1.29 is 8.81 Å². The maximum atomic E-state index is 13.1. The number of hydrogen-bond acceptors (Lipinski definition) is 3. The summed E-state index contributed by atoms with van der Waals surface area (Å²) in [5.74, 6) is 6.28. The predicted molar refractivity (Wildman–Crippen MR) is 68.2 cm³/mol. The van der Waals surface area contributed by atoms with Crippen LogP contribution in [0.15, 0.2) is 41.0 Å². The smallest absolute Gasteiger partial charge is 0.123 e. The third-order valence-electron chi connectivity index (χ3n) is 3.07. The zero-order valence-corrected chi connectivity index (χ0v) is 10.3. The van der Waals surface area contributed by atoms with Crippen molar-refractivity contribution in [1.29, 1.82) is 0 Å². The van der Waals surface area contributed by atoms with E-state index >= 15 is 0 Å². The van der Waals surface area contributed by atoms with Gasteiger partial charge in [-0.3, -0.25) is 11.3 Å². The first-order valence-electron chi connectivity index (χ1n) is 5.95.